The monoisotopic (exact) mass is 520 g/mol. The van der Waals surface area contributed by atoms with E-state index in [1.165, 1.54) is 22.8 Å². The molecule has 0 N–H and O–H groups in total. The predicted molar refractivity (Wildman–Crippen MR) is 121 cm³/mol. The molecule has 0 spiro atoms. The van der Waals surface area contributed by atoms with E-state index in [9.17, 15) is 0 Å². The summed E-state index contributed by atoms with van der Waals surface area (Å²) in [6.45, 7) is 27.7. The fourth-order valence-electron chi connectivity index (χ4n) is 4.17. The molecule has 0 aliphatic carbocycles. The van der Waals surface area contributed by atoms with Crippen LogP contribution in [-0.2, 0) is 0 Å². The first-order chi connectivity index (χ1) is 12.9. The van der Waals surface area contributed by atoms with Gasteiger partial charge in [0, 0.05) is 0 Å². The van der Waals surface area contributed by atoms with Crippen LogP contribution in [0.1, 0.15) is 102 Å². The van der Waals surface area contributed by atoms with Crippen LogP contribution in [-0.4, -0.2) is 35.4 Å². The molecule has 0 atom stereocenters. The molecule has 0 bridgehead atoms. The van der Waals surface area contributed by atoms with E-state index in [2.05, 4.69) is 101 Å². The molecule has 2 rings (SSSR count). The summed E-state index contributed by atoms with van der Waals surface area (Å²) in [5, 5.41) is 0. The first-order valence-electron chi connectivity index (χ1n) is 10.5. The number of imidazole rings is 2. The van der Waals surface area contributed by atoms with Crippen molar-refractivity contribution < 1.29 is 9.13 Å². The predicted octanol–water partition coefficient (Wildman–Crippen LogP) is 2.70. The van der Waals surface area contributed by atoms with Gasteiger partial charge in [0.15, 0.2) is 0 Å². The molecule has 0 aromatic carbocycles. The Balaban J connectivity index is 2.59. The van der Waals surface area contributed by atoms with E-state index in [1.54, 1.807) is 9.45 Å². The Labute approximate surface area is 183 Å². The van der Waals surface area contributed by atoms with Crippen LogP contribution in [0.15, 0.2) is 0 Å². The Morgan fingerprint density at radius 1 is 0.571 bits per heavy atom. The van der Waals surface area contributed by atoms with E-state index in [0.717, 1.165) is 0 Å². The van der Waals surface area contributed by atoms with Gasteiger partial charge in [-0.05, 0) is 0 Å². The van der Waals surface area contributed by atoms with Crippen LogP contribution in [0.3, 0.4) is 0 Å². The third-order valence-corrected chi connectivity index (χ3v) is 12.2. The van der Waals surface area contributed by atoms with E-state index >= 15 is 0 Å². The molecule has 2 aromatic rings. The van der Waals surface area contributed by atoms with Crippen molar-refractivity contribution in [2.24, 2.45) is 0 Å². The Hall–Kier alpha value is -0.541. The van der Waals surface area contributed by atoms with Crippen molar-refractivity contribution in [2.45, 2.75) is 107 Å². The summed E-state index contributed by atoms with van der Waals surface area (Å²) >= 11 is 0.863. The third-order valence-electron chi connectivity index (χ3n) is 5.57. The van der Waals surface area contributed by atoms with Crippen LogP contribution in [0.5, 0.6) is 0 Å². The number of nitrogens with zero attached hydrogens (tertiary/aromatic N) is 4. The molecule has 4 nitrogen and oxygen atoms in total. The average molecular weight is 519 g/mol. The molecule has 0 unspecified atom stereocenters. The van der Waals surface area contributed by atoms with Crippen molar-refractivity contribution >= 4 is 35.7 Å². The summed E-state index contributed by atoms with van der Waals surface area (Å²) in [6, 6.07) is 2.01. The first-order valence-corrected chi connectivity index (χ1v) is 16.6. The van der Waals surface area contributed by atoms with Crippen LogP contribution >= 0.6 is 0 Å². The van der Waals surface area contributed by atoms with Gasteiger partial charge in [-0.3, -0.25) is 0 Å². The summed E-state index contributed by atoms with van der Waals surface area (Å²) < 4.78 is 13.5. The van der Waals surface area contributed by atoms with Gasteiger partial charge in [0.05, 0.1) is 0 Å². The van der Waals surface area contributed by atoms with Gasteiger partial charge in [-0.15, -0.1) is 0 Å². The molecule has 158 valence electrons. The van der Waals surface area contributed by atoms with Crippen LogP contribution in [0.25, 0.3) is 0 Å². The van der Waals surface area contributed by atoms with E-state index in [0.29, 0.717) is 50.4 Å². The van der Waals surface area contributed by atoms with E-state index in [-0.39, 0.29) is 0 Å². The second-order valence-electron chi connectivity index (χ2n) is 8.93. The summed E-state index contributed by atoms with van der Waals surface area (Å²) in [6.07, 6.45) is 0. The molecule has 2 aromatic heterocycles. The van der Waals surface area contributed by atoms with Gasteiger partial charge >= 0.3 is 184 Å². The summed E-state index contributed by atoms with van der Waals surface area (Å²) in [7, 11) is 0. The summed E-state index contributed by atoms with van der Waals surface area (Å²) in [4.78, 5) is 0. The molecule has 0 aliphatic rings. The van der Waals surface area contributed by atoms with Crippen LogP contribution in [0.2, 0.25) is 0 Å². The SMILES string of the molecule is Cc1c(C)[n+](C(C)C)c([Se][Se]c2n(C(C)C)c(C)c(C)[n+]2C(C)C)n1C(C)C. The van der Waals surface area contributed by atoms with Gasteiger partial charge in [0.25, 0.3) is 0 Å². The number of rotatable bonds is 7. The van der Waals surface area contributed by atoms with E-state index < -0.39 is 0 Å². The molecule has 0 saturated heterocycles. The second kappa shape index (κ2) is 9.08. The topological polar surface area (TPSA) is 17.6 Å². The van der Waals surface area contributed by atoms with E-state index in [4.69, 9.17) is 0 Å². The van der Waals surface area contributed by atoms with Gasteiger partial charge in [0.2, 0.25) is 0 Å². The zero-order valence-electron chi connectivity index (χ0n) is 19.9. The standard InChI is InChI=1S/C22H40N4Se2/c1-13(2)23-17(9)18(10)24(14(3)4)21(23)27-28-22-25(15(5)6)19(11)20(12)26(22)16(7)8/h13-16H,1-12H3/q+2. The Morgan fingerprint density at radius 2 is 0.857 bits per heavy atom. The minimum absolute atomic E-state index is 0.432. The van der Waals surface area contributed by atoms with Gasteiger partial charge in [0.1, 0.15) is 0 Å². The molecule has 0 saturated carbocycles. The Kier molecular flexibility index (Phi) is 7.70. The van der Waals surface area contributed by atoms with Crippen molar-refractivity contribution in [2.75, 3.05) is 0 Å². The van der Waals surface area contributed by atoms with Gasteiger partial charge < -0.3 is 0 Å². The molecule has 0 radical (unpaired) electrons. The molecule has 6 heteroatoms. The summed E-state index contributed by atoms with van der Waals surface area (Å²) in [5.41, 5.74) is 5.72. The van der Waals surface area contributed by atoms with Gasteiger partial charge in [-0.1, -0.05) is 0 Å². The van der Waals surface area contributed by atoms with Crippen molar-refractivity contribution in [1.29, 1.82) is 0 Å². The number of hydrogen-bond acceptors (Lipinski definition) is 0. The molecule has 28 heavy (non-hydrogen) atoms. The zero-order valence-corrected chi connectivity index (χ0v) is 23.3. The van der Waals surface area contributed by atoms with Crippen LogP contribution in [0.4, 0.5) is 0 Å². The Morgan fingerprint density at radius 3 is 1.07 bits per heavy atom. The molecule has 0 aliphatic heterocycles. The van der Waals surface area contributed by atoms with Crippen LogP contribution < -0.4 is 18.6 Å². The van der Waals surface area contributed by atoms with Crippen LogP contribution in [0, 0.1) is 27.7 Å². The van der Waals surface area contributed by atoms with Crippen molar-refractivity contribution in [3.05, 3.63) is 22.8 Å². The molecular formula is C22H40N4Se2+2. The second-order valence-corrected chi connectivity index (χ2v) is 14.8. The van der Waals surface area contributed by atoms with Crippen molar-refractivity contribution in [3.8, 4) is 0 Å². The van der Waals surface area contributed by atoms with Gasteiger partial charge in [-0.2, -0.15) is 0 Å². The van der Waals surface area contributed by atoms with E-state index in [1.807, 2.05) is 0 Å². The average Bonchev–Trinajstić information content (AvgIpc) is 2.97. The minimum atomic E-state index is 0.432. The summed E-state index contributed by atoms with van der Waals surface area (Å²) in [5.74, 6) is 0. The molecule has 0 amide bonds. The number of hydrogen-bond donors (Lipinski definition) is 0. The molecule has 0 fully saturated rings. The van der Waals surface area contributed by atoms with Crippen molar-refractivity contribution in [1.82, 2.24) is 9.13 Å². The van der Waals surface area contributed by atoms with Crippen molar-refractivity contribution in [3.63, 3.8) is 0 Å². The zero-order chi connectivity index (χ0) is 21.5. The van der Waals surface area contributed by atoms with Gasteiger partial charge in [-0.25, -0.2) is 0 Å². The maximum absolute atomic E-state index is 2.60. The fourth-order valence-corrected chi connectivity index (χ4v) is 13.2. The first kappa shape index (κ1) is 23.7. The quantitative estimate of drug-likeness (QED) is 0.397. The molecular weight excluding hydrogens is 478 g/mol. The third kappa shape index (κ3) is 4.17. The molecule has 2 heterocycles. The normalized spacial score (nSPS) is 12.4. The maximum atomic E-state index is 2.60. The number of aromatic nitrogens is 4. The Bertz CT molecular complexity index is 709. The fraction of sp³-hybridized carbons (Fsp3) is 0.727.